The summed E-state index contributed by atoms with van der Waals surface area (Å²) in [4.78, 5) is 11.4. The number of amides is 1. The molecule has 0 atom stereocenters. The molecule has 1 amide bonds. The molecule has 0 radical (unpaired) electrons. The van der Waals surface area contributed by atoms with Crippen molar-refractivity contribution >= 4 is 17.7 Å². The van der Waals surface area contributed by atoms with Crippen LogP contribution in [0, 0.1) is 6.92 Å². The molecule has 18 heavy (non-hydrogen) atoms. The molecule has 5 N–H and O–H groups in total. The maximum absolute atomic E-state index is 11.4. The lowest BCUT2D eigenvalue weighted by molar-refractivity contribution is 0.0923. The van der Waals surface area contributed by atoms with Gasteiger partial charge in [-0.25, -0.2) is 10.5 Å². The topological polar surface area (TPSA) is 125 Å². The second-order valence-electron chi connectivity index (χ2n) is 3.51. The van der Waals surface area contributed by atoms with Crippen LogP contribution in [0.3, 0.4) is 0 Å². The van der Waals surface area contributed by atoms with Crippen LogP contribution in [0.2, 0.25) is 0 Å². The molecule has 8 nitrogen and oxygen atoms in total. The van der Waals surface area contributed by atoms with E-state index in [2.05, 4.69) is 10.2 Å². The van der Waals surface area contributed by atoms with Crippen LogP contribution >= 0.6 is 11.8 Å². The van der Waals surface area contributed by atoms with Gasteiger partial charge in [-0.15, -0.1) is 10.2 Å². The number of hydrogen-bond donors (Lipinski definition) is 3. The molecule has 96 valence electrons. The molecule has 2 aromatic rings. The third-order valence-electron chi connectivity index (χ3n) is 2.19. The van der Waals surface area contributed by atoms with Crippen molar-refractivity contribution in [2.45, 2.75) is 17.8 Å². The molecule has 0 saturated carbocycles. The van der Waals surface area contributed by atoms with Crippen molar-refractivity contribution in [1.82, 2.24) is 20.3 Å². The number of nitrogen functional groups attached to an aromatic ring is 2. The maximum atomic E-state index is 11.4. The minimum Gasteiger partial charge on any atom is -0.455 e. The van der Waals surface area contributed by atoms with Crippen LogP contribution in [-0.4, -0.2) is 20.8 Å². The van der Waals surface area contributed by atoms with E-state index in [0.29, 0.717) is 16.7 Å². The summed E-state index contributed by atoms with van der Waals surface area (Å²) >= 11 is 1.36. The Morgan fingerprint density at radius 3 is 3.06 bits per heavy atom. The lowest BCUT2D eigenvalue weighted by atomic mass is 10.2. The lowest BCUT2D eigenvalue weighted by Crippen LogP contribution is -2.30. The van der Waals surface area contributed by atoms with E-state index in [1.807, 2.05) is 5.43 Å². The summed E-state index contributed by atoms with van der Waals surface area (Å²) < 4.78 is 6.71. The Morgan fingerprint density at radius 2 is 2.44 bits per heavy atom. The second kappa shape index (κ2) is 5.10. The number of carbonyl (C=O) groups is 1. The highest BCUT2D eigenvalue weighted by atomic mass is 32.2. The zero-order chi connectivity index (χ0) is 13.1. The van der Waals surface area contributed by atoms with Gasteiger partial charge in [-0.2, -0.15) is 0 Å². The van der Waals surface area contributed by atoms with E-state index in [4.69, 9.17) is 16.1 Å². The number of thioether (sulfide) groups is 1. The molecule has 0 bridgehead atoms. The molecule has 0 fully saturated rings. The number of hydrogen-bond acceptors (Lipinski definition) is 7. The molecule has 9 heteroatoms. The van der Waals surface area contributed by atoms with Crippen molar-refractivity contribution < 1.29 is 9.21 Å². The summed E-state index contributed by atoms with van der Waals surface area (Å²) in [5.41, 5.74) is 2.75. The third kappa shape index (κ3) is 2.46. The first-order chi connectivity index (χ1) is 8.61. The van der Waals surface area contributed by atoms with Crippen molar-refractivity contribution in [3.8, 4) is 0 Å². The largest absolute Gasteiger partial charge is 0.455 e. The molecule has 2 aromatic heterocycles. The molecule has 2 heterocycles. The summed E-state index contributed by atoms with van der Waals surface area (Å²) in [6.45, 7) is 1.77. The summed E-state index contributed by atoms with van der Waals surface area (Å²) in [6.07, 6.45) is 1.41. The molecule has 0 saturated heterocycles. The minimum absolute atomic E-state index is 0.210. The number of furan rings is 1. The Morgan fingerprint density at radius 1 is 1.67 bits per heavy atom. The number of carbonyl (C=O) groups excluding carboxylic acids is 1. The van der Waals surface area contributed by atoms with Crippen LogP contribution in [0.25, 0.3) is 0 Å². The Bertz CT molecular complexity index is 563. The van der Waals surface area contributed by atoms with Gasteiger partial charge in [-0.3, -0.25) is 10.2 Å². The van der Waals surface area contributed by atoms with Gasteiger partial charge in [0.2, 0.25) is 5.16 Å². The van der Waals surface area contributed by atoms with E-state index in [1.54, 1.807) is 13.0 Å². The normalized spacial score (nSPS) is 10.6. The number of nitrogens with zero attached hydrogens (tertiary/aromatic N) is 3. The van der Waals surface area contributed by atoms with Crippen LogP contribution in [0.5, 0.6) is 0 Å². The SMILES string of the molecule is Cc1cc(CSc2nncn2N)oc1C(=O)NN. The van der Waals surface area contributed by atoms with Gasteiger partial charge < -0.3 is 10.3 Å². The van der Waals surface area contributed by atoms with E-state index in [-0.39, 0.29) is 5.76 Å². The van der Waals surface area contributed by atoms with Gasteiger partial charge in [-0.1, -0.05) is 11.8 Å². The first-order valence-electron chi connectivity index (χ1n) is 5.00. The van der Waals surface area contributed by atoms with Crippen LogP contribution in [-0.2, 0) is 5.75 Å². The smallest absolute Gasteiger partial charge is 0.301 e. The molecule has 0 aliphatic heterocycles. The van der Waals surface area contributed by atoms with Gasteiger partial charge in [0, 0.05) is 5.56 Å². The minimum atomic E-state index is -0.453. The average Bonchev–Trinajstić information content (AvgIpc) is 2.92. The zero-order valence-electron chi connectivity index (χ0n) is 9.58. The van der Waals surface area contributed by atoms with Crippen molar-refractivity contribution in [3.63, 3.8) is 0 Å². The first kappa shape index (κ1) is 12.5. The maximum Gasteiger partial charge on any atom is 0.301 e. The summed E-state index contributed by atoms with van der Waals surface area (Å²) in [7, 11) is 0. The Kier molecular flexibility index (Phi) is 3.53. The van der Waals surface area contributed by atoms with E-state index < -0.39 is 5.91 Å². The average molecular weight is 268 g/mol. The van der Waals surface area contributed by atoms with Gasteiger partial charge in [0.15, 0.2) is 5.76 Å². The first-order valence-corrected chi connectivity index (χ1v) is 5.98. The van der Waals surface area contributed by atoms with Gasteiger partial charge in [0.25, 0.3) is 0 Å². The predicted molar refractivity (Wildman–Crippen MR) is 64.8 cm³/mol. The van der Waals surface area contributed by atoms with Gasteiger partial charge in [-0.05, 0) is 13.0 Å². The quantitative estimate of drug-likeness (QED) is 0.303. The van der Waals surface area contributed by atoms with E-state index in [0.717, 1.165) is 5.56 Å². The number of rotatable bonds is 4. The highest BCUT2D eigenvalue weighted by Gasteiger charge is 2.15. The molecule has 0 spiro atoms. The molecule has 0 aromatic carbocycles. The van der Waals surface area contributed by atoms with Gasteiger partial charge in [0.1, 0.15) is 12.1 Å². The van der Waals surface area contributed by atoms with Crippen molar-refractivity contribution in [2.24, 2.45) is 5.84 Å². The number of aryl methyl sites for hydroxylation is 1. The van der Waals surface area contributed by atoms with Gasteiger partial charge >= 0.3 is 5.91 Å². The molecular weight excluding hydrogens is 256 g/mol. The van der Waals surface area contributed by atoms with Crippen molar-refractivity contribution in [1.29, 1.82) is 0 Å². The lowest BCUT2D eigenvalue weighted by Gasteiger charge is -1.98. The molecule has 0 aliphatic rings. The van der Waals surface area contributed by atoms with E-state index >= 15 is 0 Å². The predicted octanol–water partition coefficient (Wildman–Crippen LogP) is -0.211. The van der Waals surface area contributed by atoms with Crippen LogP contribution in [0.15, 0.2) is 22.0 Å². The third-order valence-corrected chi connectivity index (χ3v) is 3.17. The van der Waals surface area contributed by atoms with Crippen LogP contribution < -0.4 is 17.1 Å². The molecular formula is C9H12N6O2S. The zero-order valence-corrected chi connectivity index (χ0v) is 10.4. The van der Waals surface area contributed by atoms with Gasteiger partial charge in [0.05, 0.1) is 5.75 Å². The Balaban J connectivity index is 2.07. The van der Waals surface area contributed by atoms with Crippen molar-refractivity contribution in [3.05, 3.63) is 29.5 Å². The number of aromatic nitrogens is 3. The number of nitrogens with two attached hydrogens (primary N) is 2. The fraction of sp³-hybridized carbons (Fsp3) is 0.222. The standard InChI is InChI=1S/C9H12N6O2S/c1-5-2-6(17-7(5)8(16)13-10)3-18-9-14-12-4-15(9)11/h2,4H,3,10-11H2,1H3,(H,13,16). The fourth-order valence-corrected chi connectivity index (χ4v) is 2.10. The van der Waals surface area contributed by atoms with E-state index in [9.17, 15) is 4.79 Å². The number of hydrazine groups is 1. The highest BCUT2D eigenvalue weighted by Crippen LogP contribution is 2.23. The Hall–Kier alpha value is -2.00. The molecule has 0 aliphatic carbocycles. The molecule has 0 unspecified atom stereocenters. The Labute approximate surface area is 107 Å². The van der Waals surface area contributed by atoms with Crippen LogP contribution in [0.4, 0.5) is 0 Å². The molecule has 2 rings (SSSR count). The fourth-order valence-electron chi connectivity index (χ4n) is 1.38. The summed E-state index contributed by atoms with van der Waals surface area (Å²) in [6, 6.07) is 1.77. The number of nitrogens with one attached hydrogen (secondary N) is 1. The summed E-state index contributed by atoms with van der Waals surface area (Å²) in [5.74, 6) is 11.5. The second-order valence-corrected chi connectivity index (χ2v) is 4.45. The monoisotopic (exact) mass is 268 g/mol. The van der Waals surface area contributed by atoms with Crippen LogP contribution in [0.1, 0.15) is 21.9 Å². The highest BCUT2D eigenvalue weighted by molar-refractivity contribution is 7.98. The van der Waals surface area contributed by atoms with E-state index in [1.165, 1.54) is 22.8 Å². The van der Waals surface area contributed by atoms with Crippen molar-refractivity contribution in [2.75, 3.05) is 5.84 Å². The summed E-state index contributed by atoms with van der Waals surface area (Å²) in [5, 5.41) is 8.04.